The zero-order valence-corrected chi connectivity index (χ0v) is 20.7. The number of hydrogen-bond donors (Lipinski definition) is 0. The molecule has 2 atom stereocenters. The van der Waals surface area contributed by atoms with Crippen LogP contribution < -0.4 is 4.74 Å². The van der Waals surface area contributed by atoms with Crippen molar-refractivity contribution in [2.75, 3.05) is 13.2 Å². The van der Waals surface area contributed by atoms with Gasteiger partial charge in [0.1, 0.15) is 11.5 Å². The average molecular weight is 467 g/mol. The maximum absolute atomic E-state index is 6.03. The number of likely N-dealkylation sites (tertiary alicyclic amines) is 1. The van der Waals surface area contributed by atoms with Crippen molar-refractivity contribution < 1.29 is 9.15 Å². The number of aromatic nitrogens is 1. The molecule has 180 valence electrons. The van der Waals surface area contributed by atoms with Crippen molar-refractivity contribution in [1.29, 1.82) is 0 Å². The van der Waals surface area contributed by atoms with Crippen LogP contribution in [0.25, 0.3) is 11.5 Å². The Kier molecular flexibility index (Phi) is 7.29. The van der Waals surface area contributed by atoms with Gasteiger partial charge in [0.15, 0.2) is 0 Å². The van der Waals surface area contributed by atoms with Crippen LogP contribution in [0.15, 0.2) is 89.3 Å². The Balaban J connectivity index is 1.14. The standard InChI is InChI=1S/C31H34N2O2/c1-23-19-28(33(21-23)22-26-9-5-3-6-10-26)20-25-13-15-29(16-14-25)34-18-17-30-24(2)35-31(32-30)27-11-7-4-8-12-27/h3-16,23,28H,17-22H2,1-2H3/t23-,28-/m1/s1. The number of aryl methyl sites for hydroxylation is 1. The molecule has 0 saturated carbocycles. The first-order valence-corrected chi connectivity index (χ1v) is 12.7. The fourth-order valence-corrected chi connectivity index (χ4v) is 5.09. The van der Waals surface area contributed by atoms with Gasteiger partial charge in [0.05, 0.1) is 12.3 Å². The molecule has 0 radical (unpaired) electrons. The van der Waals surface area contributed by atoms with E-state index in [9.17, 15) is 0 Å². The fourth-order valence-electron chi connectivity index (χ4n) is 5.09. The highest BCUT2D eigenvalue weighted by Crippen LogP contribution is 2.28. The highest BCUT2D eigenvalue weighted by molar-refractivity contribution is 5.53. The van der Waals surface area contributed by atoms with Gasteiger partial charge in [-0.15, -0.1) is 0 Å². The van der Waals surface area contributed by atoms with Crippen LogP contribution in [0.5, 0.6) is 5.75 Å². The molecule has 1 fully saturated rings. The summed E-state index contributed by atoms with van der Waals surface area (Å²) < 4.78 is 11.9. The van der Waals surface area contributed by atoms with Gasteiger partial charge in [0.25, 0.3) is 0 Å². The van der Waals surface area contributed by atoms with E-state index in [1.54, 1.807) is 0 Å². The average Bonchev–Trinajstić information content (AvgIpc) is 3.42. The van der Waals surface area contributed by atoms with Crippen molar-refractivity contribution in [1.82, 2.24) is 9.88 Å². The van der Waals surface area contributed by atoms with E-state index in [2.05, 4.69) is 71.4 Å². The molecule has 0 N–H and O–H groups in total. The van der Waals surface area contributed by atoms with E-state index >= 15 is 0 Å². The summed E-state index contributed by atoms with van der Waals surface area (Å²) in [7, 11) is 0. The van der Waals surface area contributed by atoms with Crippen molar-refractivity contribution in [2.45, 2.75) is 45.7 Å². The Hall–Kier alpha value is -3.37. The van der Waals surface area contributed by atoms with Gasteiger partial charge in [-0.1, -0.05) is 67.6 Å². The Morgan fingerprint density at radius 3 is 2.37 bits per heavy atom. The van der Waals surface area contributed by atoms with Gasteiger partial charge < -0.3 is 9.15 Å². The summed E-state index contributed by atoms with van der Waals surface area (Å²) in [6, 6.07) is 30.0. The summed E-state index contributed by atoms with van der Waals surface area (Å²) >= 11 is 0. The molecule has 0 aliphatic carbocycles. The lowest BCUT2D eigenvalue weighted by atomic mass is 10.0. The van der Waals surface area contributed by atoms with Crippen LogP contribution in [0.4, 0.5) is 0 Å². The largest absolute Gasteiger partial charge is 0.493 e. The van der Waals surface area contributed by atoms with Crippen LogP contribution in [-0.4, -0.2) is 29.1 Å². The molecule has 0 amide bonds. The second-order valence-corrected chi connectivity index (χ2v) is 9.74. The van der Waals surface area contributed by atoms with E-state index in [1.165, 1.54) is 24.1 Å². The lowest BCUT2D eigenvalue weighted by Crippen LogP contribution is -2.30. The third-order valence-electron chi connectivity index (χ3n) is 6.88. The van der Waals surface area contributed by atoms with Gasteiger partial charge in [-0.3, -0.25) is 4.90 Å². The summed E-state index contributed by atoms with van der Waals surface area (Å²) in [6.07, 6.45) is 3.06. The van der Waals surface area contributed by atoms with Crippen LogP contribution in [0.3, 0.4) is 0 Å². The molecule has 0 spiro atoms. The number of oxazole rings is 1. The first kappa shape index (κ1) is 23.4. The van der Waals surface area contributed by atoms with E-state index in [0.717, 1.165) is 48.1 Å². The van der Waals surface area contributed by atoms with Gasteiger partial charge in [-0.05, 0) is 61.1 Å². The Morgan fingerprint density at radius 1 is 0.914 bits per heavy atom. The maximum atomic E-state index is 6.03. The summed E-state index contributed by atoms with van der Waals surface area (Å²) in [5, 5.41) is 0. The van der Waals surface area contributed by atoms with Crippen molar-refractivity contribution in [3.63, 3.8) is 0 Å². The zero-order valence-electron chi connectivity index (χ0n) is 20.7. The lowest BCUT2D eigenvalue weighted by molar-refractivity contribution is 0.241. The molecule has 5 rings (SSSR count). The maximum Gasteiger partial charge on any atom is 0.226 e. The molecule has 1 aliphatic heterocycles. The van der Waals surface area contributed by atoms with Crippen molar-refractivity contribution in [2.24, 2.45) is 5.92 Å². The third-order valence-corrected chi connectivity index (χ3v) is 6.88. The molecule has 1 aliphatic rings. The minimum Gasteiger partial charge on any atom is -0.493 e. The minimum absolute atomic E-state index is 0.575. The number of hydrogen-bond acceptors (Lipinski definition) is 4. The lowest BCUT2D eigenvalue weighted by Gasteiger charge is -2.24. The van der Waals surface area contributed by atoms with E-state index in [-0.39, 0.29) is 0 Å². The van der Waals surface area contributed by atoms with Crippen LogP contribution in [0, 0.1) is 12.8 Å². The van der Waals surface area contributed by atoms with E-state index in [1.807, 2.05) is 37.3 Å². The molecule has 1 saturated heterocycles. The number of benzene rings is 3. The molecule has 4 aromatic rings. The van der Waals surface area contributed by atoms with E-state index in [4.69, 9.17) is 9.15 Å². The Labute approximate surface area is 208 Å². The monoisotopic (exact) mass is 466 g/mol. The predicted molar refractivity (Wildman–Crippen MR) is 140 cm³/mol. The molecule has 4 heteroatoms. The zero-order chi connectivity index (χ0) is 24.0. The van der Waals surface area contributed by atoms with Crippen LogP contribution >= 0.6 is 0 Å². The molecule has 35 heavy (non-hydrogen) atoms. The van der Waals surface area contributed by atoms with E-state index in [0.29, 0.717) is 18.5 Å². The fraction of sp³-hybridized carbons (Fsp3) is 0.323. The molecule has 1 aromatic heterocycles. The van der Waals surface area contributed by atoms with Gasteiger partial charge in [-0.2, -0.15) is 0 Å². The van der Waals surface area contributed by atoms with Crippen LogP contribution in [0.1, 0.15) is 35.9 Å². The first-order valence-electron chi connectivity index (χ1n) is 12.7. The quantitative estimate of drug-likeness (QED) is 0.274. The number of ether oxygens (including phenoxy) is 1. The topological polar surface area (TPSA) is 38.5 Å². The SMILES string of the molecule is Cc1oc(-c2ccccc2)nc1CCOc1ccc(C[C@H]2C[C@@H](C)CN2Cc2ccccc2)cc1. The van der Waals surface area contributed by atoms with Gasteiger partial charge in [-0.25, -0.2) is 4.98 Å². The third kappa shape index (κ3) is 6.01. The van der Waals surface area contributed by atoms with Crippen LogP contribution in [-0.2, 0) is 19.4 Å². The molecule has 2 heterocycles. The summed E-state index contributed by atoms with van der Waals surface area (Å²) in [6.45, 7) is 7.12. The molecular weight excluding hydrogens is 432 g/mol. The molecule has 0 bridgehead atoms. The Morgan fingerprint density at radius 2 is 1.63 bits per heavy atom. The molecular formula is C31H34N2O2. The number of rotatable bonds is 9. The van der Waals surface area contributed by atoms with Crippen molar-refractivity contribution in [3.05, 3.63) is 108 Å². The van der Waals surface area contributed by atoms with Crippen LogP contribution in [0.2, 0.25) is 0 Å². The second-order valence-electron chi connectivity index (χ2n) is 9.74. The van der Waals surface area contributed by atoms with Crippen molar-refractivity contribution in [3.8, 4) is 17.2 Å². The second kappa shape index (κ2) is 10.9. The smallest absolute Gasteiger partial charge is 0.226 e. The van der Waals surface area contributed by atoms with Crippen molar-refractivity contribution >= 4 is 0 Å². The normalized spacial score (nSPS) is 18.1. The van der Waals surface area contributed by atoms with Gasteiger partial charge in [0.2, 0.25) is 5.89 Å². The number of nitrogens with zero attached hydrogens (tertiary/aromatic N) is 2. The van der Waals surface area contributed by atoms with Gasteiger partial charge in [0, 0.05) is 31.1 Å². The van der Waals surface area contributed by atoms with Gasteiger partial charge >= 0.3 is 0 Å². The minimum atomic E-state index is 0.575. The van der Waals surface area contributed by atoms with E-state index < -0.39 is 0 Å². The molecule has 4 nitrogen and oxygen atoms in total. The predicted octanol–water partition coefficient (Wildman–Crippen LogP) is 6.72. The Bertz CT molecular complexity index is 1200. The molecule has 3 aromatic carbocycles. The molecule has 0 unspecified atom stereocenters. The highest BCUT2D eigenvalue weighted by atomic mass is 16.5. The summed E-state index contributed by atoms with van der Waals surface area (Å²) in [4.78, 5) is 7.32. The first-order chi connectivity index (χ1) is 17.1. The highest BCUT2D eigenvalue weighted by Gasteiger charge is 2.29. The summed E-state index contributed by atoms with van der Waals surface area (Å²) in [5.74, 6) is 3.17. The summed E-state index contributed by atoms with van der Waals surface area (Å²) in [5.41, 5.74) is 4.72.